The summed E-state index contributed by atoms with van der Waals surface area (Å²) in [6, 6.07) is 7.98. The van der Waals surface area contributed by atoms with Gasteiger partial charge in [-0.3, -0.25) is 0 Å². The van der Waals surface area contributed by atoms with Gasteiger partial charge in [-0.2, -0.15) is 0 Å². The molecule has 0 aliphatic rings. The van der Waals surface area contributed by atoms with E-state index in [2.05, 4.69) is 0 Å². The van der Waals surface area contributed by atoms with Gasteiger partial charge in [0, 0.05) is 13.7 Å². The molecule has 0 spiro atoms. The molecule has 0 radical (unpaired) electrons. The number of rotatable bonds is 6. The summed E-state index contributed by atoms with van der Waals surface area (Å²) in [6.45, 7) is 3.80. The number of ether oxygens (including phenoxy) is 2. The van der Waals surface area contributed by atoms with Gasteiger partial charge in [0.05, 0.1) is 6.61 Å². The SMILES string of the molecule is COCCOc1ccc(/C(C)=C/CN)cc1. The topological polar surface area (TPSA) is 44.5 Å². The molecule has 1 aromatic carbocycles. The van der Waals surface area contributed by atoms with Gasteiger partial charge in [-0.25, -0.2) is 0 Å². The number of hydrogen-bond acceptors (Lipinski definition) is 3. The van der Waals surface area contributed by atoms with E-state index in [1.807, 2.05) is 37.3 Å². The fourth-order valence-electron chi connectivity index (χ4n) is 1.35. The molecule has 0 bridgehead atoms. The Bertz CT molecular complexity index is 330. The molecule has 0 amide bonds. The van der Waals surface area contributed by atoms with Crippen molar-refractivity contribution in [3.63, 3.8) is 0 Å². The highest BCUT2D eigenvalue weighted by molar-refractivity contribution is 5.64. The molecule has 1 aromatic rings. The first-order chi connectivity index (χ1) is 7.77. The monoisotopic (exact) mass is 221 g/mol. The predicted octanol–water partition coefficient (Wildman–Crippen LogP) is 2.07. The van der Waals surface area contributed by atoms with Crippen molar-refractivity contribution in [3.05, 3.63) is 35.9 Å². The second-order valence-electron chi connectivity index (χ2n) is 3.49. The number of benzene rings is 1. The lowest BCUT2D eigenvalue weighted by Gasteiger charge is -2.06. The van der Waals surface area contributed by atoms with Gasteiger partial charge in [-0.1, -0.05) is 18.2 Å². The Hall–Kier alpha value is -1.32. The molecular weight excluding hydrogens is 202 g/mol. The maximum Gasteiger partial charge on any atom is 0.119 e. The molecule has 0 atom stereocenters. The van der Waals surface area contributed by atoms with E-state index in [0.29, 0.717) is 19.8 Å². The number of nitrogens with two attached hydrogens (primary N) is 1. The summed E-state index contributed by atoms with van der Waals surface area (Å²) in [7, 11) is 1.66. The first-order valence-electron chi connectivity index (χ1n) is 5.37. The zero-order chi connectivity index (χ0) is 11.8. The van der Waals surface area contributed by atoms with Crippen molar-refractivity contribution in [2.45, 2.75) is 6.92 Å². The molecule has 3 nitrogen and oxygen atoms in total. The van der Waals surface area contributed by atoms with E-state index >= 15 is 0 Å². The Labute approximate surface area is 96.9 Å². The molecule has 3 heteroatoms. The van der Waals surface area contributed by atoms with Crippen molar-refractivity contribution < 1.29 is 9.47 Å². The van der Waals surface area contributed by atoms with Crippen molar-refractivity contribution in [3.8, 4) is 5.75 Å². The molecule has 0 saturated carbocycles. The Kier molecular flexibility index (Phi) is 5.61. The Morgan fingerprint density at radius 2 is 1.94 bits per heavy atom. The molecule has 0 heterocycles. The van der Waals surface area contributed by atoms with Gasteiger partial charge in [-0.05, 0) is 30.2 Å². The lowest BCUT2D eigenvalue weighted by molar-refractivity contribution is 0.146. The number of methoxy groups -OCH3 is 1. The van der Waals surface area contributed by atoms with Crippen molar-refractivity contribution in [1.29, 1.82) is 0 Å². The normalized spacial score (nSPS) is 11.6. The second kappa shape index (κ2) is 7.04. The van der Waals surface area contributed by atoms with Gasteiger partial charge in [0.1, 0.15) is 12.4 Å². The van der Waals surface area contributed by atoms with E-state index in [1.54, 1.807) is 7.11 Å². The van der Waals surface area contributed by atoms with Crippen molar-refractivity contribution in [2.24, 2.45) is 5.73 Å². The van der Waals surface area contributed by atoms with Gasteiger partial charge >= 0.3 is 0 Å². The summed E-state index contributed by atoms with van der Waals surface area (Å²) < 4.78 is 10.4. The van der Waals surface area contributed by atoms with Crippen LogP contribution in [0.15, 0.2) is 30.3 Å². The Morgan fingerprint density at radius 3 is 2.50 bits per heavy atom. The lowest BCUT2D eigenvalue weighted by atomic mass is 10.1. The quantitative estimate of drug-likeness (QED) is 0.748. The first-order valence-corrected chi connectivity index (χ1v) is 5.37. The van der Waals surface area contributed by atoms with Crippen LogP contribution in [0.4, 0.5) is 0 Å². The number of allylic oxidation sites excluding steroid dienone is 1. The standard InChI is InChI=1S/C13H19NO2/c1-11(7-8-14)12-3-5-13(6-4-12)16-10-9-15-2/h3-7H,8-10,14H2,1-2H3/b11-7+. The van der Waals surface area contributed by atoms with Crippen LogP contribution in [0.2, 0.25) is 0 Å². The highest BCUT2D eigenvalue weighted by Crippen LogP contribution is 2.17. The summed E-state index contributed by atoms with van der Waals surface area (Å²) >= 11 is 0. The molecular formula is C13H19NO2. The maximum absolute atomic E-state index is 5.47. The van der Waals surface area contributed by atoms with Crippen LogP contribution in [-0.4, -0.2) is 26.9 Å². The first kappa shape index (κ1) is 12.7. The number of hydrogen-bond donors (Lipinski definition) is 1. The summed E-state index contributed by atoms with van der Waals surface area (Å²) in [5, 5.41) is 0. The average Bonchev–Trinajstić information content (AvgIpc) is 2.30. The highest BCUT2D eigenvalue weighted by Gasteiger charge is 1.96. The minimum atomic E-state index is 0.567. The van der Waals surface area contributed by atoms with Crippen LogP contribution in [0.3, 0.4) is 0 Å². The van der Waals surface area contributed by atoms with E-state index < -0.39 is 0 Å². The third-order valence-corrected chi connectivity index (χ3v) is 2.29. The van der Waals surface area contributed by atoms with Crippen LogP contribution in [0.1, 0.15) is 12.5 Å². The third-order valence-electron chi connectivity index (χ3n) is 2.29. The minimum Gasteiger partial charge on any atom is -0.491 e. The molecule has 0 saturated heterocycles. The van der Waals surface area contributed by atoms with Crippen molar-refractivity contribution >= 4 is 5.57 Å². The lowest BCUT2D eigenvalue weighted by Crippen LogP contribution is -2.04. The van der Waals surface area contributed by atoms with Gasteiger partial charge in [0.2, 0.25) is 0 Å². The van der Waals surface area contributed by atoms with Gasteiger partial charge in [-0.15, -0.1) is 0 Å². The fourth-order valence-corrected chi connectivity index (χ4v) is 1.35. The van der Waals surface area contributed by atoms with Crippen LogP contribution in [-0.2, 0) is 4.74 Å². The van der Waals surface area contributed by atoms with Crippen LogP contribution >= 0.6 is 0 Å². The van der Waals surface area contributed by atoms with Gasteiger partial charge < -0.3 is 15.2 Å². The predicted molar refractivity (Wildman–Crippen MR) is 66.5 cm³/mol. The zero-order valence-electron chi connectivity index (χ0n) is 9.90. The Morgan fingerprint density at radius 1 is 1.25 bits per heavy atom. The van der Waals surface area contributed by atoms with E-state index in [-0.39, 0.29) is 0 Å². The zero-order valence-corrected chi connectivity index (χ0v) is 9.90. The minimum absolute atomic E-state index is 0.567. The van der Waals surface area contributed by atoms with Gasteiger partial charge in [0.15, 0.2) is 0 Å². The van der Waals surface area contributed by atoms with Crippen molar-refractivity contribution in [2.75, 3.05) is 26.9 Å². The van der Waals surface area contributed by atoms with Crippen LogP contribution in [0.5, 0.6) is 5.75 Å². The second-order valence-corrected chi connectivity index (χ2v) is 3.49. The third kappa shape index (κ3) is 4.04. The summed E-state index contributed by atoms with van der Waals surface area (Å²) in [5.74, 6) is 0.862. The summed E-state index contributed by atoms with van der Waals surface area (Å²) in [6.07, 6.45) is 2.00. The Balaban J connectivity index is 2.57. The molecule has 0 unspecified atom stereocenters. The fraction of sp³-hybridized carbons (Fsp3) is 0.385. The highest BCUT2D eigenvalue weighted by atomic mass is 16.5. The molecule has 0 aliphatic heterocycles. The van der Waals surface area contributed by atoms with Crippen LogP contribution < -0.4 is 10.5 Å². The van der Waals surface area contributed by atoms with E-state index in [4.69, 9.17) is 15.2 Å². The molecule has 0 aromatic heterocycles. The maximum atomic E-state index is 5.47. The largest absolute Gasteiger partial charge is 0.491 e. The summed E-state index contributed by atoms with van der Waals surface area (Å²) in [5.41, 5.74) is 7.82. The average molecular weight is 221 g/mol. The molecule has 2 N–H and O–H groups in total. The van der Waals surface area contributed by atoms with Gasteiger partial charge in [0.25, 0.3) is 0 Å². The van der Waals surface area contributed by atoms with Crippen LogP contribution in [0.25, 0.3) is 5.57 Å². The van der Waals surface area contributed by atoms with E-state index in [1.165, 1.54) is 11.1 Å². The molecule has 0 fully saturated rings. The van der Waals surface area contributed by atoms with E-state index in [0.717, 1.165) is 5.75 Å². The summed E-state index contributed by atoms with van der Waals surface area (Å²) in [4.78, 5) is 0. The molecule has 0 aliphatic carbocycles. The molecule has 1 rings (SSSR count). The van der Waals surface area contributed by atoms with E-state index in [9.17, 15) is 0 Å². The van der Waals surface area contributed by atoms with Crippen molar-refractivity contribution in [1.82, 2.24) is 0 Å². The smallest absolute Gasteiger partial charge is 0.119 e. The molecule has 88 valence electrons. The molecule has 16 heavy (non-hydrogen) atoms. The van der Waals surface area contributed by atoms with Crippen LogP contribution in [0, 0.1) is 0 Å².